The van der Waals surface area contributed by atoms with Crippen LogP contribution in [0.3, 0.4) is 0 Å². The largest absolute Gasteiger partial charge is 0.494 e. The Bertz CT molecular complexity index is 1810. The number of aryl methyl sites for hydroxylation is 1. The van der Waals surface area contributed by atoms with E-state index in [9.17, 15) is 14.4 Å². The van der Waals surface area contributed by atoms with E-state index in [4.69, 9.17) is 9.84 Å². The van der Waals surface area contributed by atoms with Crippen molar-refractivity contribution in [3.05, 3.63) is 126 Å². The van der Waals surface area contributed by atoms with Gasteiger partial charge in [-0.25, -0.2) is 10.1 Å². The van der Waals surface area contributed by atoms with Gasteiger partial charge < -0.3 is 15.4 Å². The van der Waals surface area contributed by atoms with Crippen LogP contribution in [0, 0.1) is 6.92 Å². The molecule has 0 saturated heterocycles. The number of aromatic nitrogens is 2. The van der Waals surface area contributed by atoms with E-state index in [1.165, 1.54) is 6.21 Å². The number of rotatable bonds is 10. The molecule has 5 rings (SSSR count). The number of hydrogen-bond acceptors (Lipinski definition) is 6. The maximum absolute atomic E-state index is 12.9. The standard InChI is InChI=1S/C35H32N6O4/c1-3-21-45-29-19-15-25(16-20-29)32-26(23-41(40-32)28-9-5-4-6-10-28)22-36-39-35(44)34(43)38-31-12-8-7-11-30(31)33(42)37-27-17-13-24(2)14-18-27/h4-20,22-23H,3,21H2,1-2H3,(H,37,42)(H,38,43)(H,39,44)/b36-22-. The van der Waals surface area contributed by atoms with Gasteiger partial charge >= 0.3 is 11.8 Å². The summed E-state index contributed by atoms with van der Waals surface area (Å²) < 4.78 is 7.41. The van der Waals surface area contributed by atoms with E-state index in [1.807, 2.05) is 80.6 Å². The third kappa shape index (κ3) is 7.88. The van der Waals surface area contributed by atoms with Crippen molar-refractivity contribution in [2.45, 2.75) is 20.3 Å². The average Bonchev–Trinajstić information content (AvgIpc) is 3.49. The smallest absolute Gasteiger partial charge is 0.329 e. The third-order valence-electron chi connectivity index (χ3n) is 6.67. The number of para-hydroxylation sites is 2. The minimum absolute atomic E-state index is 0.184. The minimum Gasteiger partial charge on any atom is -0.494 e. The summed E-state index contributed by atoms with van der Waals surface area (Å²) in [6.07, 6.45) is 4.12. The number of benzene rings is 4. The second-order valence-electron chi connectivity index (χ2n) is 10.1. The molecule has 0 aliphatic rings. The number of hydrogen-bond donors (Lipinski definition) is 3. The normalized spacial score (nSPS) is 10.8. The average molecular weight is 601 g/mol. The highest BCUT2D eigenvalue weighted by atomic mass is 16.5. The van der Waals surface area contributed by atoms with Crippen molar-refractivity contribution in [1.82, 2.24) is 15.2 Å². The van der Waals surface area contributed by atoms with Crippen LogP contribution in [0.1, 0.15) is 34.8 Å². The van der Waals surface area contributed by atoms with E-state index in [2.05, 4.69) is 21.2 Å². The third-order valence-corrected chi connectivity index (χ3v) is 6.67. The van der Waals surface area contributed by atoms with Gasteiger partial charge in [0, 0.05) is 23.0 Å². The fraction of sp³-hybridized carbons (Fsp3) is 0.114. The molecule has 1 aromatic heterocycles. The quantitative estimate of drug-likeness (QED) is 0.103. The van der Waals surface area contributed by atoms with Crippen LogP contribution in [0.2, 0.25) is 0 Å². The van der Waals surface area contributed by atoms with E-state index in [-0.39, 0.29) is 11.3 Å². The van der Waals surface area contributed by atoms with Crippen LogP contribution in [-0.2, 0) is 9.59 Å². The zero-order valence-electron chi connectivity index (χ0n) is 24.9. The SMILES string of the molecule is CCCOc1ccc(-c2nn(-c3ccccc3)cc2/C=N\NC(=O)C(=O)Nc2ccccc2C(=O)Nc2ccc(C)cc2)cc1. The van der Waals surface area contributed by atoms with Crippen LogP contribution in [0.5, 0.6) is 5.75 Å². The molecule has 3 N–H and O–H groups in total. The van der Waals surface area contributed by atoms with Gasteiger partial charge in [-0.15, -0.1) is 0 Å². The number of hydrazone groups is 1. The van der Waals surface area contributed by atoms with Gasteiger partial charge in [0.1, 0.15) is 11.4 Å². The van der Waals surface area contributed by atoms with E-state index in [0.29, 0.717) is 23.6 Å². The molecule has 10 heteroatoms. The maximum Gasteiger partial charge on any atom is 0.329 e. The molecule has 0 atom stereocenters. The molecule has 0 unspecified atom stereocenters. The molecule has 10 nitrogen and oxygen atoms in total. The van der Waals surface area contributed by atoms with Gasteiger partial charge in [0.15, 0.2) is 0 Å². The molecule has 0 fully saturated rings. The second kappa shape index (κ2) is 14.4. The van der Waals surface area contributed by atoms with Gasteiger partial charge in [0.25, 0.3) is 5.91 Å². The summed E-state index contributed by atoms with van der Waals surface area (Å²) in [6.45, 7) is 4.62. The zero-order valence-corrected chi connectivity index (χ0v) is 24.9. The number of carbonyl (C=O) groups is 3. The van der Waals surface area contributed by atoms with Crippen molar-refractivity contribution in [3.63, 3.8) is 0 Å². The molecule has 0 aliphatic heterocycles. The summed E-state index contributed by atoms with van der Waals surface area (Å²) in [5, 5.41) is 14.1. The Kier molecular flexibility index (Phi) is 9.76. The summed E-state index contributed by atoms with van der Waals surface area (Å²) >= 11 is 0. The molecule has 45 heavy (non-hydrogen) atoms. The van der Waals surface area contributed by atoms with Crippen molar-refractivity contribution in [2.24, 2.45) is 5.10 Å². The van der Waals surface area contributed by atoms with Crippen molar-refractivity contribution < 1.29 is 19.1 Å². The van der Waals surface area contributed by atoms with E-state index >= 15 is 0 Å². The maximum atomic E-state index is 12.9. The van der Waals surface area contributed by atoms with Crippen LogP contribution >= 0.6 is 0 Å². The van der Waals surface area contributed by atoms with Gasteiger partial charge in [-0.1, -0.05) is 55.0 Å². The topological polar surface area (TPSA) is 127 Å². The van der Waals surface area contributed by atoms with Crippen molar-refractivity contribution >= 4 is 35.3 Å². The summed E-state index contributed by atoms with van der Waals surface area (Å²) in [5.74, 6) is -1.66. The Morgan fingerprint density at radius 1 is 0.844 bits per heavy atom. The van der Waals surface area contributed by atoms with Crippen LogP contribution in [0.25, 0.3) is 16.9 Å². The lowest BCUT2D eigenvalue weighted by Gasteiger charge is -2.11. The van der Waals surface area contributed by atoms with Crippen LogP contribution in [0.4, 0.5) is 11.4 Å². The molecule has 0 saturated carbocycles. The lowest BCUT2D eigenvalue weighted by Crippen LogP contribution is -2.33. The number of amides is 3. The first-order chi connectivity index (χ1) is 21.9. The first kappa shape index (κ1) is 30.4. The fourth-order valence-corrected chi connectivity index (χ4v) is 4.36. The molecule has 0 radical (unpaired) electrons. The van der Waals surface area contributed by atoms with Gasteiger partial charge in [0.05, 0.1) is 29.8 Å². The highest BCUT2D eigenvalue weighted by Gasteiger charge is 2.18. The Morgan fingerprint density at radius 3 is 2.29 bits per heavy atom. The van der Waals surface area contributed by atoms with Gasteiger partial charge in [-0.3, -0.25) is 14.4 Å². The van der Waals surface area contributed by atoms with Crippen LogP contribution in [0.15, 0.2) is 114 Å². The Labute approximate surface area is 260 Å². The summed E-state index contributed by atoms with van der Waals surface area (Å²) in [7, 11) is 0. The first-order valence-corrected chi connectivity index (χ1v) is 14.4. The monoisotopic (exact) mass is 600 g/mol. The molecular formula is C35H32N6O4. The molecule has 0 aliphatic carbocycles. The zero-order chi connectivity index (χ0) is 31.6. The Morgan fingerprint density at radius 2 is 1.56 bits per heavy atom. The summed E-state index contributed by atoms with van der Waals surface area (Å²) in [5.41, 5.74) is 7.21. The number of anilines is 2. The first-order valence-electron chi connectivity index (χ1n) is 14.4. The number of ether oxygens (including phenoxy) is 1. The minimum atomic E-state index is -1.01. The molecular weight excluding hydrogens is 568 g/mol. The Hall–Kier alpha value is -6.03. The summed E-state index contributed by atoms with van der Waals surface area (Å²) in [4.78, 5) is 38.3. The highest BCUT2D eigenvalue weighted by Crippen LogP contribution is 2.25. The molecule has 0 bridgehead atoms. The molecule has 226 valence electrons. The predicted octanol–water partition coefficient (Wildman–Crippen LogP) is 5.98. The van der Waals surface area contributed by atoms with Crippen LogP contribution in [-0.4, -0.2) is 40.3 Å². The lowest BCUT2D eigenvalue weighted by molar-refractivity contribution is -0.136. The summed E-state index contributed by atoms with van der Waals surface area (Å²) in [6, 6.07) is 30.9. The predicted molar refractivity (Wildman–Crippen MR) is 175 cm³/mol. The molecule has 5 aromatic rings. The van der Waals surface area contributed by atoms with Gasteiger partial charge in [-0.05, 0) is 74.0 Å². The molecule has 1 heterocycles. The molecule has 0 spiro atoms. The number of nitrogens with one attached hydrogen (secondary N) is 3. The molecule has 3 amide bonds. The second-order valence-corrected chi connectivity index (χ2v) is 10.1. The van der Waals surface area contributed by atoms with Gasteiger partial charge in [-0.2, -0.15) is 10.2 Å². The van der Waals surface area contributed by atoms with Crippen molar-refractivity contribution in [3.8, 4) is 22.7 Å². The number of nitrogens with zero attached hydrogens (tertiary/aromatic N) is 3. The highest BCUT2D eigenvalue weighted by molar-refractivity contribution is 6.40. The molecule has 4 aromatic carbocycles. The lowest BCUT2D eigenvalue weighted by atomic mass is 10.1. The Balaban J connectivity index is 1.29. The fourth-order valence-electron chi connectivity index (χ4n) is 4.36. The van der Waals surface area contributed by atoms with Crippen LogP contribution < -0.4 is 20.8 Å². The van der Waals surface area contributed by atoms with Gasteiger partial charge in [0.2, 0.25) is 0 Å². The van der Waals surface area contributed by atoms with Crippen molar-refractivity contribution in [2.75, 3.05) is 17.2 Å². The van der Waals surface area contributed by atoms with Crippen molar-refractivity contribution in [1.29, 1.82) is 0 Å². The van der Waals surface area contributed by atoms with E-state index in [0.717, 1.165) is 29.0 Å². The number of carbonyl (C=O) groups excluding carboxylic acids is 3. The van der Waals surface area contributed by atoms with E-state index < -0.39 is 17.7 Å². The van der Waals surface area contributed by atoms with E-state index in [1.54, 1.807) is 47.3 Å².